The average Bonchev–Trinajstić information content (AvgIpc) is 3.28. The number of rotatable bonds is 53. The number of hydrogen-bond donors (Lipinski definition) is 3. The van der Waals surface area contributed by atoms with Gasteiger partial charge in [0, 0.05) is 12.8 Å². The van der Waals surface area contributed by atoms with E-state index in [-0.39, 0.29) is 18.5 Å². The molecule has 0 heterocycles. The van der Waals surface area contributed by atoms with Gasteiger partial charge in [-0.3, -0.25) is 9.59 Å². The molecular weight excluding hydrogens is 779 g/mol. The van der Waals surface area contributed by atoms with Crippen LogP contribution in [-0.4, -0.2) is 47.4 Å². The van der Waals surface area contributed by atoms with Gasteiger partial charge in [0.1, 0.15) is 0 Å². The standard InChI is InChI=1S/C57H111NO5/c1-3-5-7-9-11-13-14-31-35-39-43-47-51-57(62)63-52-48-44-40-36-32-29-27-25-23-21-19-17-15-16-18-20-22-24-26-28-30-34-38-42-46-50-56(61)58-54(53-59)55(60)49-45-41-37-33-12-10-8-6-4-2/h45,49,54-55,59-60H,3-44,46-48,50-53H2,1-2H3,(H,58,61)/b49-45+. The quantitative estimate of drug-likeness (QED) is 0.0321. The van der Waals surface area contributed by atoms with Crippen molar-refractivity contribution in [2.45, 2.75) is 328 Å². The zero-order valence-electron chi connectivity index (χ0n) is 42.6. The largest absolute Gasteiger partial charge is 0.466 e. The normalized spacial score (nSPS) is 12.6. The Bertz CT molecular complexity index is 939. The molecule has 0 aliphatic carbocycles. The number of carbonyl (C=O) groups is 2. The number of ether oxygens (including phenoxy) is 1. The van der Waals surface area contributed by atoms with E-state index in [9.17, 15) is 19.8 Å². The fourth-order valence-electron chi connectivity index (χ4n) is 8.93. The van der Waals surface area contributed by atoms with Crippen molar-refractivity contribution in [1.29, 1.82) is 0 Å². The highest BCUT2D eigenvalue weighted by Gasteiger charge is 2.18. The van der Waals surface area contributed by atoms with Crippen LogP contribution in [0.25, 0.3) is 0 Å². The van der Waals surface area contributed by atoms with E-state index in [0.717, 1.165) is 38.5 Å². The number of nitrogens with one attached hydrogen (secondary N) is 1. The Labute approximate surface area is 393 Å². The maximum atomic E-state index is 12.4. The van der Waals surface area contributed by atoms with Gasteiger partial charge in [0.05, 0.1) is 25.4 Å². The monoisotopic (exact) mass is 890 g/mol. The molecule has 2 unspecified atom stereocenters. The van der Waals surface area contributed by atoms with Crippen LogP contribution in [0.15, 0.2) is 12.2 Å². The second-order valence-corrected chi connectivity index (χ2v) is 19.6. The summed E-state index contributed by atoms with van der Waals surface area (Å²) < 4.78 is 5.47. The minimum absolute atomic E-state index is 0.0167. The summed E-state index contributed by atoms with van der Waals surface area (Å²) in [4.78, 5) is 24.4. The molecule has 0 aromatic carbocycles. The first kappa shape index (κ1) is 61.6. The van der Waals surface area contributed by atoms with Gasteiger partial charge in [-0.2, -0.15) is 0 Å². The number of unbranched alkanes of at least 4 members (excludes halogenated alkanes) is 42. The highest BCUT2D eigenvalue weighted by Crippen LogP contribution is 2.17. The van der Waals surface area contributed by atoms with Crippen LogP contribution in [0.5, 0.6) is 0 Å². The Morgan fingerprint density at radius 1 is 0.429 bits per heavy atom. The van der Waals surface area contributed by atoms with Crippen molar-refractivity contribution in [2.24, 2.45) is 0 Å². The van der Waals surface area contributed by atoms with E-state index in [1.165, 1.54) is 250 Å². The minimum atomic E-state index is -0.839. The summed E-state index contributed by atoms with van der Waals surface area (Å²) in [7, 11) is 0. The Kier molecular flexibility index (Phi) is 52.0. The third kappa shape index (κ3) is 49.9. The van der Waals surface area contributed by atoms with Crippen LogP contribution in [0, 0.1) is 0 Å². The van der Waals surface area contributed by atoms with Crippen molar-refractivity contribution < 1.29 is 24.5 Å². The van der Waals surface area contributed by atoms with Crippen LogP contribution in [0.4, 0.5) is 0 Å². The van der Waals surface area contributed by atoms with E-state index in [4.69, 9.17) is 4.74 Å². The summed E-state index contributed by atoms with van der Waals surface area (Å²) in [5, 5.41) is 22.9. The zero-order valence-corrected chi connectivity index (χ0v) is 42.6. The summed E-state index contributed by atoms with van der Waals surface area (Å²) in [6.07, 6.45) is 62.5. The highest BCUT2D eigenvalue weighted by molar-refractivity contribution is 5.76. The Hall–Kier alpha value is -1.40. The molecule has 2 atom stereocenters. The number of carbonyl (C=O) groups excluding carboxylic acids is 2. The molecule has 6 nitrogen and oxygen atoms in total. The molecule has 0 fully saturated rings. The minimum Gasteiger partial charge on any atom is -0.466 e. The predicted octanol–water partition coefficient (Wildman–Crippen LogP) is 17.3. The number of allylic oxidation sites excluding steroid dienone is 1. The van der Waals surface area contributed by atoms with Crippen molar-refractivity contribution in [3.05, 3.63) is 12.2 Å². The molecule has 374 valence electrons. The molecule has 6 heteroatoms. The maximum Gasteiger partial charge on any atom is 0.305 e. The SMILES string of the molecule is CCCCCCCCC/C=C/C(O)C(CO)NC(=O)CCCCCCCCCCCCCCCCCCCCCCCCCCCOC(=O)CCCCCCCCCCCCCC. The van der Waals surface area contributed by atoms with Gasteiger partial charge in [-0.25, -0.2) is 0 Å². The topological polar surface area (TPSA) is 95.9 Å². The molecule has 3 N–H and O–H groups in total. The summed E-state index contributed by atoms with van der Waals surface area (Å²) in [5.41, 5.74) is 0. The Morgan fingerprint density at radius 3 is 1.08 bits per heavy atom. The molecule has 0 saturated carbocycles. The molecule has 63 heavy (non-hydrogen) atoms. The molecule has 0 rings (SSSR count). The van der Waals surface area contributed by atoms with Crippen molar-refractivity contribution in [1.82, 2.24) is 5.32 Å². The summed E-state index contributed by atoms with van der Waals surface area (Å²) >= 11 is 0. The van der Waals surface area contributed by atoms with Crippen molar-refractivity contribution >= 4 is 11.9 Å². The lowest BCUT2D eigenvalue weighted by Gasteiger charge is -2.20. The van der Waals surface area contributed by atoms with Crippen LogP contribution in [-0.2, 0) is 14.3 Å². The Morgan fingerprint density at radius 2 is 0.730 bits per heavy atom. The maximum absolute atomic E-state index is 12.4. The molecular formula is C57H111NO5. The summed E-state index contributed by atoms with van der Waals surface area (Å²) in [5.74, 6) is -0.0513. The molecule has 1 amide bonds. The lowest BCUT2D eigenvalue weighted by atomic mass is 10.0. The molecule has 0 bridgehead atoms. The van der Waals surface area contributed by atoms with Crippen molar-refractivity contribution in [2.75, 3.05) is 13.2 Å². The van der Waals surface area contributed by atoms with Crippen LogP contribution in [0.3, 0.4) is 0 Å². The number of aliphatic hydroxyl groups is 2. The number of aliphatic hydroxyl groups excluding tert-OH is 2. The van der Waals surface area contributed by atoms with Gasteiger partial charge in [0.2, 0.25) is 5.91 Å². The van der Waals surface area contributed by atoms with Crippen LogP contribution in [0.2, 0.25) is 0 Å². The molecule has 0 aliphatic rings. The predicted molar refractivity (Wildman–Crippen MR) is 273 cm³/mol. The Balaban J connectivity index is 3.33. The van der Waals surface area contributed by atoms with E-state index in [1.54, 1.807) is 6.08 Å². The summed E-state index contributed by atoms with van der Waals surface area (Å²) in [6.45, 7) is 4.89. The van der Waals surface area contributed by atoms with Crippen LogP contribution >= 0.6 is 0 Å². The van der Waals surface area contributed by atoms with E-state index in [2.05, 4.69) is 19.2 Å². The van der Waals surface area contributed by atoms with Gasteiger partial charge in [0.25, 0.3) is 0 Å². The first-order valence-corrected chi connectivity index (χ1v) is 28.5. The number of esters is 1. The van der Waals surface area contributed by atoms with E-state index >= 15 is 0 Å². The second kappa shape index (κ2) is 53.2. The molecule has 0 saturated heterocycles. The lowest BCUT2D eigenvalue weighted by molar-refractivity contribution is -0.143. The molecule has 0 aromatic rings. The highest BCUT2D eigenvalue weighted by atomic mass is 16.5. The van der Waals surface area contributed by atoms with Gasteiger partial charge in [0.15, 0.2) is 0 Å². The first-order valence-electron chi connectivity index (χ1n) is 28.5. The number of amides is 1. The van der Waals surface area contributed by atoms with E-state index in [1.807, 2.05) is 6.08 Å². The van der Waals surface area contributed by atoms with Crippen molar-refractivity contribution in [3.8, 4) is 0 Å². The molecule has 0 radical (unpaired) electrons. The second-order valence-electron chi connectivity index (χ2n) is 19.6. The molecule has 0 aromatic heterocycles. The van der Waals surface area contributed by atoms with Crippen molar-refractivity contribution in [3.63, 3.8) is 0 Å². The molecule has 0 aliphatic heterocycles. The smallest absolute Gasteiger partial charge is 0.305 e. The average molecular weight is 891 g/mol. The van der Waals surface area contributed by atoms with Gasteiger partial charge in [-0.1, -0.05) is 283 Å². The zero-order chi connectivity index (χ0) is 45.8. The molecule has 0 spiro atoms. The van der Waals surface area contributed by atoms with Crippen LogP contribution < -0.4 is 5.32 Å². The van der Waals surface area contributed by atoms with Gasteiger partial charge in [-0.05, 0) is 32.1 Å². The third-order valence-corrected chi connectivity index (χ3v) is 13.3. The number of hydrogen-bond acceptors (Lipinski definition) is 5. The van der Waals surface area contributed by atoms with Crippen LogP contribution in [0.1, 0.15) is 316 Å². The van der Waals surface area contributed by atoms with E-state index in [0.29, 0.717) is 19.4 Å². The fourth-order valence-corrected chi connectivity index (χ4v) is 8.93. The van der Waals surface area contributed by atoms with Gasteiger partial charge >= 0.3 is 5.97 Å². The first-order chi connectivity index (χ1) is 31.0. The third-order valence-electron chi connectivity index (χ3n) is 13.3. The van der Waals surface area contributed by atoms with Gasteiger partial charge < -0.3 is 20.3 Å². The van der Waals surface area contributed by atoms with E-state index < -0.39 is 12.1 Å². The lowest BCUT2D eigenvalue weighted by Crippen LogP contribution is -2.45. The summed E-state index contributed by atoms with van der Waals surface area (Å²) in [6, 6.07) is -0.623. The fraction of sp³-hybridized carbons (Fsp3) is 0.930. The van der Waals surface area contributed by atoms with Gasteiger partial charge in [-0.15, -0.1) is 0 Å².